The molecule has 0 amide bonds. The Labute approximate surface area is 296 Å². The first-order valence-corrected chi connectivity index (χ1v) is 17.3. The molecule has 3 aromatic heterocycles. The van der Waals surface area contributed by atoms with E-state index >= 15 is 0 Å². The highest BCUT2D eigenvalue weighted by Crippen LogP contribution is 2.43. The highest BCUT2D eigenvalue weighted by molar-refractivity contribution is 7.99. The van der Waals surface area contributed by atoms with E-state index in [9.17, 15) is 14.7 Å². The minimum absolute atomic E-state index is 0.0961. The van der Waals surface area contributed by atoms with Gasteiger partial charge in [-0.2, -0.15) is 0 Å². The molecular formula is C41H41N3O5S. The SMILES string of the molecule is COc1ccc(-c2ccc(Sc3c(CC(C)(C)C(=O)O)n(C(=O)CC(C)(C)C)c4cc(OCc5ccc6ccccc6n5)ccc34)cc2)cn1. The van der Waals surface area contributed by atoms with E-state index in [1.807, 2.05) is 112 Å². The van der Waals surface area contributed by atoms with Gasteiger partial charge in [-0.05, 0) is 67.3 Å². The van der Waals surface area contributed by atoms with Gasteiger partial charge in [0.1, 0.15) is 12.4 Å². The third-order valence-electron chi connectivity index (χ3n) is 8.50. The van der Waals surface area contributed by atoms with Crippen molar-refractivity contribution in [2.75, 3.05) is 7.11 Å². The number of aromatic nitrogens is 3. The lowest BCUT2D eigenvalue weighted by Crippen LogP contribution is -2.29. The zero-order valence-electron chi connectivity index (χ0n) is 29.2. The Morgan fingerprint density at radius 3 is 2.30 bits per heavy atom. The van der Waals surface area contributed by atoms with Crippen molar-refractivity contribution in [1.29, 1.82) is 0 Å². The highest BCUT2D eigenvalue weighted by atomic mass is 32.2. The molecule has 0 saturated heterocycles. The van der Waals surface area contributed by atoms with Crippen LogP contribution in [0.5, 0.6) is 11.6 Å². The van der Waals surface area contributed by atoms with Crippen LogP contribution < -0.4 is 9.47 Å². The Bertz CT molecular complexity index is 2180. The van der Waals surface area contributed by atoms with Crippen molar-refractivity contribution in [3.8, 4) is 22.8 Å². The summed E-state index contributed by atoms with van der Waals surface area (Å²) in [5, 5.41) is 12.1. The molecule has 8 nitrogen and oxygen atoms in total. The molecule has 0 atom stereocenters. The molecule has 1 N–H and O–H groups in total. The van der Waals surface area contributed by atoms with Crippen molar-refractivity contribution in [2.45, 2.75) is 63.9 Å². The van der Waals surface area contributed by atoms with Crippen LogP contribution >= 0.6 is 11.8 Å². The monoisotopic (exact) mass is 687 g/mol. The number of carboxylic acid groups (broad SMARTS) is 1. The molecule has 0 saturated carbocycles. The number of carbonyl (C=O) groups excluding carboxylic acids is 1. The van der Waals surface area contributed by atoms with E-state index in [2.05, 4.69) is 4.98 Å². The smallest absolute Gasteiger partial charge is 0.309 e. The second-order valence-electron chi connectivity index (χ2n) is 14.3. The third-order valence-corrected chi connectivity index (χ3v) is 9.67. The predicted molar refractivity (Wildman–Crippen MR) is 198 cm³/mol. The molecule has 256 valence electrons. The van der Waals surface area contributed by atoms with E-state index in [0.29, 0.717) is 22.8 Å². The second-order valence-corrected chi connectivity index (χ2v) is 15.4. The number of para-hydroxylation sites is 1. The number of fused-ring (bicyclic) bond motifs is 2. The van der Waals surface area contributed by atoms with Crippen LogP contribution in [0.3, 0.4) is 0 Å². The second kappa shape index (κ2) is 14.0. The molecule has 3 aromatic carbocycles. The van der Waals surface area contributed by atoms with Gasteiger partial charge >= 0.3 is 5.97 Å². The number of carbonyl (C=O) groups is 2. The third kappa shape index (κ3) is 7.68. The van der Waals surface area contributed by atoms with Crippen molar-refractivity contribution in [2.24, 2.45) is 10.8 Å². The van der Waals surface area contributed by atoms with Crippen LogP contribution in [0.4, 0.5) is 0 Å². The van der Waals surface area contributed by atoms with Crippen LogP contribution in [0.1, 0.15) is 57.2 Å². The van der Waals surface area contributed by atoms with E-state index in [4.69, 9.17) is 14.5 Å². The zero-order valence-corrected chi connectivity index (χ0v) is 30.0. The molecule has 0 fully saturated rings. The van der Waals surface area contributed by atoms with Crippen molar-refractivity contribution in [3.63, 3.8) is 0 Å². The fourth-order valence-corrected chi connectivity index (χ4v) is 6.89. The van der Waals surface area contributed by atoms with Crippen LogP contribution in [0.2, 0.25) is 0 Å². The Balaban J connectivity index is 1.42. The van der Waals surface area contributed by atoms with Crippen molar-refractivity contribution >= 4 is 45.4 Å². The Morgan fingerprint density at radius 1 is 0.880 bits per heavy atom. The minimum Gasteiger partial charge on any atom is -0.487 e. The van der Waals surface area contributed by atoms with Crippen molar-refractivity contribution < 1.29 is 24.2 Å². The lowest BCUT2D eigenvalue weighted by atomic mass is 9.87. The van der Waals surface area contributed by atoms with Crippen LogP contribution in [-0.4, -0.2) is 38.6 Å². The summed E-state index contributed by atoms with van der Waals surface area (Å²) in [4.78, 5) is 37.5. The molecule has 0 radical (unpaired) electrons. The standard InChI is InChI=1S/C41H41N3O5S/c1-40(2,3)23-37(45)44-34-21-30(49-25-29-15-11-27-9-7-8-10-33(27)43-29)16-19-32(34)38(35(44)22-41(4,5)39(46)47)50-31-17-12-26(13-18-31)28-14-20-36(48-6)42-24-28/h7-21,24H,22-23,25H2,1-6H3,(H,46,47). The number of benzene rings is 3. The molecule has 0 spiro atoms. The number of aliphatic carboxylic acids is 1. The van der Waals surface area contributed by atoms with Gasteiger partial charge in [-0.3, -0.25) is 14.2 Å². The fourth-order valence-electron chi connectivity index (χ4n) is 5.82. The molecule has 0 bridgehead atoms. The first-order chi connectivity index (χ1) is 23.8. The zero-order chi connectivity index (χ0) is 35.6. The van der Waals surface area contributed by atoms with E-state index in [1.54, 1.807) is 31.7 Å². The molecular weight excluding hydrogens is 647 g/mol. The van der Waals surface area contributed by atoms with Crippen LogP contribution in [0.15, 0.2) is 107 Å². The van der Waals surface area contributed by atoms with E-state index < -0.39 is 11.4 Å². The van der Waals surface area contributed by atoms with Gasteiger partial charge in [0.05, 0.1) is 29.3 Å². The first-order valence-electron chi connectivity index (χ1n) is 16.5. The number of ether oxygens (including phenoxy) is 2. The molecule has 0 aliphatic rings. The first kappa shape index (κ1) is 34.7. The Morgan fingerprint density at radius 2 is 1.62 bits per heavy atom. The predicted octanol–water partition coefficient (Wildman–Crippen LogP) is 9.72. The molecule has 6 aromatic rings. The fraction of sp³-hybridized carbons (Fsp3) is 0.268. The number of rotatable bonds is 11. The molecule has 9 heteroatoms. The molecule has 0 unspecified atom stereocenters. The normalized spacial score (nSPS) is 12.0. The van der Waals surface area contributed by atoms with Gasteiger partial charge in [-0.1, -0.05) is 68.9 Å². The Kier molecular flexibility index (Phi) is 9.71. The van der Waals surface area contributed by atoms with Gasteiger partial charge < -0.3 is 14.6 Å². The summed E-state index contributed by atoms with van der Waals surface area (Å²) in [6, 6.07) is 29.6. The molecule has 50 heavy (non-hydrogen) atoms. The number of hydrogen-bond donors (Lipinski definition) is 1. The number of carboxylic acids is 1. The summed E-state index contributed by atoms with van der Waals surface area (Å²) < 4.78 is 13.2. The lowest BCUT2D eigenvalue weighted by Gasteiger charge is -2.23. The number of pyridine rings is 2. The summed E-state index contributed by atoms with van der Waals surface area (Å²) in [7, 11) is 1.59. The molecule has 3 heterocycles. The van der Waals surface area contributed by atoms with Crippen LogP contribution in [0.25, 0.3) is 32.9 Å². The maximum Gasteiger partial charge on any atom is 0.309 e. The van der Waals surface area contributed by atoms with Gasteiger partial charge in [0.15, 0.2) is 0 Å². The number of hydrogen-bond acceptors (Lipinski definition) is 7. The summed E-state index contributed by atoms with van der Waals surface area (Å²) in [5.41, 5.74) is 3.58. The molecule has 0 aliphatic heterocycles. The van der Waals surface area contributed by atoms with E-state index in [0.717, 1.165) is 42.9 Å². The van der Waals surface area contributed by atoms with E-state index in [-0.39, 0.29) is 30.8 Å². The van der Waals surface area contributed by atoms with Crippen molar-refractivity contribution in [1.82, 2.24) is 14.5 Å². The van der Waals surface area contributed by atoms with Crippen molar-refractivity contribution in [3.05, 3.63) is 109 Å². The van der Waals surface area contributed by atoms with Crippen LogP contribution in [-0.2, 0) is 17.8 Å². The average Bonchev–Trinajstić information content (AvgIpc) is 3.37. The van der Waals surface area contributed by atoms with Gasteiger partial charge in [0.25, 0.3) is 0 Å². The number of methoxy groups -OCH3 is 1. The minimum atomic E-state index is -1.13. The van der Waals surface area contributed by atoms with Crippen LogP contribution in [0, 0.1) is 10.8 Å². The van der Waals surface area contributed by atoms with E-state index in [1.165, 1.54) is 11.8 Å². The summed E-state index contributed by atoms with van der Waals surface area (Å²) in [6.07, 6.45) is 2.21. The summed E-state index contributed by atoms with van der Waals surface area (Å²) in [6.45, 7) is 9.73. The van der Waals surface area contributed by atoms with Gasteiger partial charge in [0.2, 0.25) is 11.8 Å². The topological polar surface area (TPSA) is 104 Å². The summed E-state index contributed by atoms with van der Waals surface area (Å²) >= 11 is 1.53. The summed E-state index contributed by atoms with van der Waals surface area (Å²) in [5.74, 6) is 0.112. The maximum absolute atomic E-state index is 14.2. The molecule has 0 aliphatic carbocycles. The van der Waals surface area contributed by atoms with Gasteiger partial charge in [0, 0.05) is 63.0 Å². The quantitative estimate of drug-likeness (QED) is 0.144. The maximum atomic E-state index is 14.2. The van der Waals surface area contributed by atoms with Gasteiger partial charge in [-0.15, -0.1) is 0 Å². The highest BCUT2D eigenvalue weighted by Gasteiger charge is 2.34. The number of nitrogens with zero attached hydrogens (tertiary/aromatic N) is 3. The largest absolute Gasteiger partial charge is 0.487 e. The van der Waals surface area contributed by atoms with Gasteiger partial charge in [-0.25, -0.2) is 9.97 Å². The molecule has 6 rings (SSSR count). The Hall–Kier alpha value is -5.15. The average molecular weight is 688 g/mol. The lowest BCUT2D eigenvalue weighted by molar-refractivity contribution is -0.146.